The summed E-state index contributed by atoms with van der Waals surface area (Å²) in [5.74, 6) is 0.691. The first-order chi connectivity index (χ1) is 8.15. The number of hydrogen-bond acceptors (Lipinski definition) is 1. The standard InChI is InChI=1S/C15H16ClN/c1-11(2)9-12-3-5-13(6-4-12)14-7-8-17-15(16)10-14/h3-8,10-11H,9H2,1-2H3. The Morgan fingerprint density at radius 2 is 1.76 bits per heavy atom. The lowest BCUT2D eigenvalue weighted by molar-refractivity contribution is 0.647. The van der Waals surface area contributed by atoms with Gasteiger partial charge in [0.1, 0.15) is 5.15 Å². The Kier molecular flexibility index (Phi) is 3.80. The summed E-state index contributed by atoms with van der Waals surface area (Å²) in [7, 11) is 0. The average Bonchev–Trinajstić information content (AvgIpc) is 2.29. The maximum Gasteiger partial charge on any atom is 0.129 e. The molecule has 0 aliphatic rings. The van der Waals surface area contributed by atoms with Crippen LogP contribution in [0.15, 0.2) is 42.6 Å². The largest absolute Gasteiger partial charge is 0.245 e. The molecule has 0 aliphatic carbocycles. The van der Waals surface area contributed by atoms with Crippen LogP contribution in [0, 0.1) is 5.92 Å². The minimum absolute atomic E-state index is 0.536. The molecule has 2 rings (SSSR count). The second-order valence-corrected chi connectivity index (χ2v) is 5.05. The molecule has 1 aromatic heterocycles. The van der Waals surface area contributed by atoms with E-state index in [0.717, 1.165) is 12.0 Å². The van der Waals surface area contributed by atoms with Crippen molar-refractivity contribution in [2.75, 3.05) is 0 Å². The molecule has 2 aromatic rings. The highest BCUT2D eigenvalue weighted by Crippen LogP contribution is 2.22. The van der Waals surface area contributed by atoms with E-state index >= 15 is 0 Å². The average molecular weight is 246 g/mol. The maximum atomic E-state index is 5.88. The predicted octanol–water partition coefficient (Wildman–Crippen LogP) is 4.60. The van der Waals surface area contributed by atoms with Gasteiger partial charge in [0.15, 0.2) is 0 Å². The minimum Gasteiger partial charge on any atom is -0.245 e. The van der Waals surface area contributed by atoms with Gasteiger partial charge in [-0.2, -0.15) is 0 Å². The van der Waals surface area contributed by atoms with E-state index in [-0.39, 0.29) is 0 Å². The van der Waals surface area contributed by atoms with Gasteiger partial charge in [-0.15, -0.1) is 0 Å². The van der Waals surface area contributed by atoms with Crippen LogP contribution in [0.3, 0.4) is 0 Å². The van der Waals surface area contributed by atoms with Gasteiger partial charge in [0, 0.05) is 6.20 Å². The van der Waals surface area contributed by atoms with Crippen LogP contribution in [0.2, 0.25) is 5.15 Å². The lowest BCUT2D eigenvalue weighted by Gasteiger charge is -2.06. The zero-order valence-electron chi connectivity index (χ0n) is 10.2. The summed E-state index contributed by atoms with van der Waals surface area (Å²) in [4.78, 5) is 3.99. The van der Waals surface area contributed by atoms with E-state index in [4.69, 9.17) is 11.6 Å². The molecular formula is C15H16ClN. The molecular weight excluding hydrogens is 230 g/mol. The molecule has 88 valence electrons. The molecule has 17 heavy (non-hydrogen) atoms. The first-order valence-corrected chi connectivity index (χ1v) is 6.24. The third kappa shape index (κ3) is 3.31. The quantitative estimate of drug-likeness (QED) is 0.720. The molecule has 0 N–H and O–H groups in total. The third-order valence-electron chi connectivity index (χ3n) is 2.66. The van der Waals surface area contributed by atoms with E-state index in [9.17, 15) is 0 Å². The molecule has 0 amide bonds. The van der Waals surface area contributed by atoms with Gasteiger partial charge in [-0.3, -0.25) is 0 Å². The van der Waals surface area contributed by atoms with Crippen molar-refractivity contribution in [2.45, 2.75) is 20.3 Å². The molecule has 0 fully saturated rings. The first-order valence-electron chi connectivity index (χ1n) is 5.86. The second kappa shape index (κ2) is 5.33. The van der Waals surface area contributed by atoms with E-state index in [1.165, 1.54) is 11.1 Å². The van der Waals surface area contributed by atoms with Crippen LogP contribution in [-0.2, 0) is 6.42 Å². The Bertz CT molecular complexity index is 489. The number of rotatable bonds is 3. The summed E-state index contributed by atoms with van der Waals surface area (Å²) >= 11 is 5.88. The normalized spacial score (nSPS) is 10.8. The smallest absolute Gasteiger partial charge is 0.129 e. The van der Waals surface area contributed by atoms with Crippen LogP contribution in [-0.4, -0.2) is 4.98 Å². The summed E-state index contributed by atoms with van der Waals surface area (Å²) in [5, 5.41) is 0.536. The summed E-state index contributed by atoms with van der Waals surface area (Å²) < 4.78 is 0. The van der Waals surface area contributed by atoms with Crippen LogP contribution >= 0.6 is 11.6 Å². The van der Waals surface area contributed by atoms with Crippen LogP contribution in [0.1, 0.15) is 19.4 Å². The lowest BCUT2D eigenvalue weighted by Crippen LogP contribution is -1.93. The van der Waals surface area contributed by atoms with Crippen LogP contribution in [0.25, 0.3) is 11.1 Å². The van der Waals surface area contributed by atoms with Gasteiger partial charge in [-0.1, -0.05) is 49.7 Å². The number of benzene rings is 1. The van der Waals surface area contributed by atoms with Gasteiger partial charge >= 0.3 is 0 Å². The zero-order chi connectivity index (χ0) is 12.3. The molecule has 0 radical (unpaired) electrons. The Labute approximate surface area is 107 Å². The van der Waals surface area contributed by atoms with Gasteiger partial charge in [0.2, 0.25) is 0 Å². The van der Waals surface area contributed by atoms with Crippen molar-refractivity contribution in [3.63, 3.8) is 0 Å². The molecule has 2 heteroatoms. The topological polar surface area (TPSA) is 12.9 Å². The highest BCUT2D eigenvalue weighted by molar-refractivity contribution is 6.29. The van der Waals surface area contributed by atoms with Crippen molar-refractivity contribution in [2.24, 2.45) is 5.92 Å². The highest BCUT2D eigenvalue weighted by atomic mass is 35.5. The minimum atomic E-state index is 0.536. The zero-order valence-corrected chi connectivity index (χ0v) is 10.9. The molecule has 1 aromatic carbocycles. The van der Waals surface area contributed by atoms with Gasteiger partial charge < -0.3 is 0 Å². The van der Waals surface area contributed by atoms with Crippen molar-refractivity contribution in [1.29, 1.82) is 0 Å². The van der Waals surface area contributed by atoms with Crippen LogP contribution in [0.4, 0.5) is 0 Å². The Hall–Kier alpha value is -1.34. The van der Waals surface area contributed by atoms with Crippen LogP contribution in [0.5, 0.6) is 0 Å². The first kappa shape index (κ1) is 12.1. The maximum absolute atomic E-state index is 5.88. The highest BCUT2D eigenvalue weighted by Gasteiger charge is 2.01. The Balaban J connectivity index is 2.23. The number of pyridine rings is 1. The van der Waals surface area contributed by atoms with Crippen molar-refractivity contribution in [1.82, 2.24) is 4.98 Å². The van der Waals surface area contributed by atoms with Crippen LogP contribution < -0.4 is 0 Å². The summed E-state index contributed by atoms with van der Waals surface area (Å²) in [6, 6.07) is 12.5. The molecule has 0 bridgehead atoms. The van der Waals surface area contributed by atoms with Crippen molar-refractivity contribution in [3.8, 4) is 11.1 Å². The summed E-state index contributed by atoms with van der Waals surface area (Å²) in [6.45, 7) is 4.47. The van der Waals surface area contributed by atoms with Crippen molar-refractivity contribution in [3.05, 3.63) is 53.3 Å². The van der Waals surface area contributed by atoms with Crippen molar-refractivity contribution < 1.29 is 0 Å². The van der Waals surface area contributed by atoms with E-state index in [0.29, 0.717) is 11.1 Å². The van der Waals surface area contributed by atoms with Gasteiger partial charge in [-0.05, 0) is 41.2 Å². The monoisotopic (exact) mass is 245 g/mol. The van der Waals surface area contributed by atoms with Gasteiger partial charge in [0.05, 0.1) is 0 Å². The van der Waals surface area contributed by atoms with E-state index in [1.54, 1.807) is 6.20 Å². The fourth-order valence-corrected chi connectivity index (χ4v) is 2.06. The molecule has 0 aliphatic heterocycles. The predicted molar refractivity (Wildman–Crippen MR) is 73.2 cm³/mol. The van der Waals surface area contributed by atoms with E-state index in [2.05, 4.69) is 43.1 Å². The molecule has 0 unspecified atom stereocenters. The van der Waals surface area contributed by atoms with Gasteiger partial charge in [0.25, 0.3) is 0 Å². The third-order valence-corrected chi connectivity index (χ3v) is 2.86. The van der Waals surface area contributed by atoms with Crippen molar-refractivity contribution >= 4 is 11.6 Å². The second-order valence-electron chi connectivity index (χ2n) is 4.66. The fraction of sp³-hybridized carbons (Fsp3) is 0.267. The summed E-state index contributed by atoms with van der Waals surface area (Å²) in [6.07, 6.45) is 2.86. The number of halogens is 1. The SMILES string of the molecule is CC(C)Cc1ccc(-c2ccnc(Cl)c2)cc1. The van der Waals surface area contributed by atoms with E-state index in [1.807, 2.05) is 12.1 Å². The Morgan fingerprint density at radius 3 is 2.35 bits per heavy atom. The Morgan fingerprint density at radius 1 is 1.06 bits per heavy atom. The summed E-state index contributed by atoms with van der Waals surface area (Å²) in [5.41, 5.74) is 3.67. The molecule has 0 spiro atoms. The molecule has 0 saturated heterocycles. The number of hydrogen-bond donors (Lipinski definition) is 0. The lowest BCUT2D eigenvalue weighted by atomic mass is 10.00. The number of aromatic nitrogens is 1. The number of nitrogens with zero attached hydrogens (tertiary/aromatic N) is 1. The molecule has 1 heterocycles. The molecule has 0 atom stereocenters. The van der Waals surface area contributed by atoms with Gasteiger partial charge in [-0.25, -0.2) is 4.98 Å². The van der Waals surface area contributed by atoms with E-state index < -0.39 is 0 Å². The molecule has 0 saturated carbocycles. The molecule has 1 nitrogen and oxygen atoms in total. The fourth-order valence-electron chi connectivity index (χ4n) is 1.89.